The molecule has 1 unspecified atom stereocenters. The van der Waals surface area contributed by atoms with E-state index in [1.807, 2.05) is 23.1 Å². The van der Waals surface area contributed by atoms with Crippen LogP contribution in [0.2, 0.25) is 5.02 Å². The molecule has 1 amide bonds. The maximum absolute atomic E-state index is 12.3. The van der Waals surface area contributed by atoms with Crippen molar-refractivity contribution in [1.29, 1.82) is 0 Å². The topological polar surface area (TPSA) is 35.6 Å². The van der Waals surface area contributed by atoms with Crippen LogP contribution in [-0.2, 0) is 4.79 Å². The third-order valence-corrected chi connectivity index (χ3v) is 4.97. The molecule has 2 aliphatic heterocycles. The predicted octanol–water partition coefficient (Wildman–Crippen LogP) is 2.38. The first-order chi connectivity index (χ1) is 10.7. The summed E-state index contributed by atoms with van der Waals surface area (Å²) in [5.41, 5.74) is 1.15. The van der Waals surface area contributed by atoms with Gasteiger partial charge in [0.1, 0.15) is 0 Å². The number of nitrogens with zero attached hydrogens (tertiary/aromatic N) is 2. The monoisotopic (exact) mass is 321 g/mol. The SMILES string of the molecule is O=C(CCC1CCNC1)N1CCN(c2cccc(Cl)c2)CC1. The molecule has 120 valence electrons. The Hall–Kier alpha value is -1.26. The first-order valence-electron chi connectivity index (χ1n) is 8.21. The van der Waals surface area contributed by atoms with E-state index in [-0.39, 0.29) is 0 Å². The van der Waals surface area contributed by atoms with Crippen molar-refractivity contribution in [3.63, 3.8) is 0 Å². The van der Waals surface area contributed by atoms with E-state index >= 15 is 0 Å². The highest BCUT2D eigenvalue weighted by Crippen LogP contribution is 2.21. The Labute approximate surface area is 137 Å². The normalized spacial score (nSPS) is 22.1. The van der Waals surface area contributed by atoms with Gasteiger partial charge in [-0.05, 0) is 50.0 Å². The molecular weight excluding hydrogens is 298 g/mol. The average Bonchev–Trinajstić information content (AvgIpc) is 3.06. The second-order valence-electron chi connectivity index (χ2n) is 6.25. The Bertz CT molecular complexity index is 508. The predicted molar refractivity (Wildman–Crippen MR) is 90.5 cm³/mol. The zero-order valence-electron chi connectivity index (χ0n) is 12.9. The smallest absolute Gasteiger partial charge is 0.222 e. The minimum absolute atomic E-state index is 0.317. The summed E-state index contributed by atoms with van der Waals surface area (Å²) in [6.45, 7) is 5.59. The number of benzene rings is 1. The number of rotatable bonds is 4. The van der Waals surface area contributed by atoms with Gasteiger partial charge in [0.2, 0.25) is 5.91 Å². The van der Waals surface area contributed by atoms with Crippen molar-refractivity contribution in [3.8, 4) is 0 Å². The summed E-state index contributed by atoms with van der Waals surface area (Å²) in [6, 6.07) is 7.94. The van der Waals surface area contributed by atoms with Crippen LogP contribution >= 0.6 is 11.6 Å². The van der Waals surface area contributed by atoms with Crippen molar-refractivity contribution in [3.05, 3.63) is 29.3 Å². The fourth-order valence-corrected chi connectivity index (χ4v) is 3.52. The van der Waals surface area contributed by atoms with Crippen molar-refractivity contribution in [1.82, 2.24) is 10.2 Å². The molecule has 1 aromatic rings. The van der Waals surface area contributed by atoms with Gasteiger partial charge in [0, 0.05) is 43.3 Å². The number of carbonyl (C=O) groups is 1. The summed E-state index contributed by atoms with van der Waals surface area (Å²) in [5, 5.41) is 4.13. The molecule has 2 aliphatic rings. The van der Waals surface area contributed by atoms with Gasteiger partial charge in [-0.15, -0.1) is 0 Å². The molecule has 2 saturated heterocycles. The van der Waals surface area contributed by atoms with E-state index in [0.717, 1.165) is 56.4 Å². The fourth-order valence-electron chi connectivity index (χ4n) is 3.33. The number of halogens is 1. The second kappa shape index (κ2) is 7.34. The van der Waals surface area contributed by atoms with Gasteiger partial charge in [-0.3, -0.25) is 4.79 Å². The van der Waals surface area contributed by atoms with E-state index < -0.39 is 0 Å². The number of carbonyl (C=O) groups excluding carboxylic acids is 1. The summed E-state index contributed by atoms with van der Waals surface area (Å²) in [6.07, 6.45) is 2.94. The Balaban J connectivity index is 1.45. The van der Waals surface area contributed by atoms with Gasteiger partial charge in [0.25, 0.3) is 0 Å². The lowest BCUT2D eigenvalue weighted by Gasteiger charge is -2.36. The molecule has 5 heteroatoms. The van der Waals surface area contributed by atoms with Gasteiger partial charge < -0.3 is 15.1 Å². The number of piperazine rings is 1. The van der Waals surface area contributed by atoms with Crippen LogP contribution in [0.5, 0.6) is 0 Å². The molecule has 22 heavy (non-hydrogen) atoms. The lowest BCUT2D eigenvalue weighted by molar-refractivity contribution is -0.131. The van der Waals surface area contributed by atoms with Crippen LogP contribution in [-0.4, -0.2) is 50.1 Å². The standard InChI is InChI=1S/C17H24ClN3O/c18-15-2-1-3-16(12-15)20-8-10-21(11-9-20)17(22)5-4-14-6-7-19-13-14/h1-3,12,14,19H,4-11,13H2. The van der Waals surface area contributed by atoms with E-state index in [1.54, 1.807) is 0 Å². The Morgan fingerprint density at radius 3 is 2.77 bits per heavy atom. The molecule has 1 N–H and O–H groups in total. The third kappa shape index (κ3) is 3.93. The quantitative estimate of drug-likeness (QED) is 0.925. The molecule has 0 spiro atoms. The highest BCUT2D eigenvalue weighted by atomic mass is 35.5. The number of hydrogen-bond acceptors (Lipinski definition) is 3. The van der Waals surface area contributed by atoms with E-state index in [2.05, 4.69) is 16.3 Å². The van der Waals surface area contributed by atoms with E-state index in [9.17, 15) is 4.79 Å². The van der Waals surface area contributed by atoms with Gasteiger partial charge >= 0.3 is 0 Å². The van der Waals surface area contributed by atoms with Gasteiger partial charge in [-0.1, -0.05) is 17.7 Å². The maximum atomic E-state index is 12.3. The molecule has 4 nitrogen and oxygen atoms in total. The molecule has 0 radical (unpaired) electrons. The molecule has 0 aliphatic carbocycles. The average molecular weight is 322 g/mol. The molecule has 3 rings (SSSR count). The zero-order chi connectivity index (χ0) is 15.4. The van der Waals surface area contributed by atoms with Crippen molar-refractivity contribution in [2.45, 2.75) is 19.3 Å². The Morgan fingerprint density at radius 2 is 2.09 bits per heavy atom. The fraction of sp³-hybridized carbons (Fsp3) is 0.588. The number of nitrogens with one attached hydrogen (secondary N) is 1. The van der Waals surface area contributed by atoms with Crippen LogP contribution in [0.3, 0.4) is 0 Å². The summed E-state index contributed by atoms with van der Waals surface area (Å²) < 4.78 is 0. The largest absolute Gasteiger partial charge is 0.368 e. The minimum atomic E-state index is 0.317. The van der Waals surface area contributed by atoms with Gasteiger partial charge in [-0.25, -0.2) is 0 Å². The van der Waals surface area contributed by atoms with Crippen molar-refractivity contribution in [2.24, 2.45) is 5.92 Å². The molecule has 1 aromatic carbocycles. The second-order valence-corrected chi connectivity index (χ2v) is 6.68. The highest BCUT2D eigenvalue weighted by molar-refractivity contribution is 6.30. The molecule has 0 aromatic heterocycles. The Morgan fingerprint density at radius 1 is 1.27 bits per heavy atom. The van der Waals surface area contributed by atoms with E-state index in [4.69, 9.17) is 11.6 Å². The number of hydrogen-bond donors (Lipinski definition) is 1. The first-order valence-corrected chi connectivity index (χ1v) is 8.59. The number of anilines is 1. The summed E-state index contributed by atoms with van der Waals surface area (Å²) in [7, 11) is 0. The van der Waals surface area contributed by atoms with Crippen LogP contribution in [0, 0.1) is 5.92 Å². The lowest BCUT2D eigenvalue weighted by Crippen LogP contribution is -2.48. The highest BCUT2D eigenvalue weighted by Gasteiger charge is 2.23. The van der Waals surface area contributed by atoms with Crippen molar-refractivity contribution < 1.29 is 4.79 Å². The lowest BCUT2D eigenvalue weighted by atomic mass is 10.0. The van der Waals surface area contributed by atoms with Gasteiger partial charge in [0.15, 0.2) is 0 Å². The number of amides is 1. The van der Waals surface area contributed by atoms with Crippen LogP contribution in [0.4, 0.5) is 5.69 Å². The van der Waals surface area contributed by atoms with Crippen LogP contribution < -0.4 is 10.2 Å². The molecule has 2 heterocycles. The van der Waals surface area contributed by atoms with Crippen LogP contribution in [0.15, 0.2) is 24.3 Å². The Kier molecular flexibility index (Phi) is 5.21. The molecular formula is C17H24ClN3O. The first kappa shape index (κ1) is 15.6. The van der Waals surface area contributed by atoms with Gasteiger partial charge in [0.05, 0.1) is 0 Å². The van der Waals surface area contributed by atoms with E-state index in [1.165, 1.54) is 6.42 Å². The summed E-state index contributed by atoms with van der Waals surface area (Å²) in [5.74, 6) is 1.01. The van der Waals surface area contributed by atoms with Crippen LogP contribution in [0.1, 0.15) is 19.3 Å². The minimum Gasteiger partial charge on any atom is -0.368 e. The van der Waals surface area contributed by atoms with Gasteiger partial charge in [-0.2, -0.15) is 0 Å². The molecule has 2 fully saturated rings. The molecule has 0 saturated carbocycles. The van der Waals surface area contributed by atoms with E-state index in [0.29, 0.717) is 18.2 Å². The molecule has 1 atom stereocenters. The summed E-state index contributed by atoms with van der Waals surface area (Å²) >= 11 is 6.05. The van der Waals surface area contributed by atoms with Crippen molar-refractivity contribution >= 4 is 23.2 Å². The molecule has 0 bridgehead atoms. The summed E-state index contributed by atoms with van der Waals surface area (Å²) in [4.78, 5) is 16.6. The maximum Gasteiger partial charge on any atom is 0.222 e. The van der Waals surface area contributed by atoms with Crippen molar-refractivity contribution in [2.75, 3.05) is 44.2 Å². The zero-order valence-corrected chi connectivity index (χ0v) is 13.7. The van der Waals surface area contributed by atoms with Crippen LogP contribution in [0.25, 0.3) is 0 Å². The third-order valence-electron chi connectivity index (χ3n) is 4.73.